The first-order valence-electron chi connectivity index (χ1n) is 14.1. The molecule has 0 spiro atoms. The fourth-order valence-corrected chi connectivity index (χ4v) is 6.18. The van der Waals surface area contributed by atoms with Crippen LogP contribution in [0.15, 0.2) is 85.1 Å². The summed E-state index contributed by atoms with van der Waals surface area (Å²) in [6.45, 7) is 1.42. The van der Waals surface area contributed by atoms with Crippen LogP contribution in [0.4, 0.5) is 30.7 Å². The smallest absolute Gasteiger partial charge is 0.368 e. The van der Waals surface area contributed by atoms with Crippen LogP contribution in [-0.4, -0.2) is 39.7 Å². The molecule has 4 atom stereocenters. The molecule has 2 unspecified atom stereocenters. The number of H-pyrrole nitrogens is 1. The lowest BCUT2D eigenvalue weighted by Gasteiger charge is -2.33. The van der Waals surface area contributed by atoms with E-state index in [0.717, 1.165) is 22.4 Å². The van der Waals surface area contributed by atoms with Gasteiger partial charge in [-0.15, -0.1) is 0 Å². The summed E-state index contributed by atoms with van der Waals surface area (Å²) in [4.78, 5) is 15.0. The number of aromatic nitrogens is 2. The zero-order chi connectivity index (χ0) is 32.1. The molecular weight excluding hydrogens is 603 g/mol. The summed E-state index contributed by atoms with van der Waals surface area (Å²) in [5.41, 5.74) is 0.735. The molecule has 2 aliphatic heterocycles. The second kappa shape index (κ2) is 11.5. The van der Waals surface area contributed by atoms with Crippen molar-refractivity contribution in [2.75, 3.05) is 6.54 Å². The average Bonchev–Trinajstić information content (AvgIpc) is 3.66. The van der Waals surface area contributed by atoms with Crippen molar-refractivity contribution in [1.29, 1.82) is 0 Å². The van der Waals surface area contributed by atoms with Gasteiger partial charge in [-0.3, -0.25) is 9.89 Å². The van der Waals surface area contributed by atoms with Crippen molar-refractivity contribution in [3.8, 4) is 11.3 Å². The fraction of sp³-hybridized carbons (Fsp3) is 0.273. The largest absolute Gasteiger partial charge is 0.416 e. The average molecular weight is 630 g/mol. The van der Waals surface area contributed by atoms with E-state index in [9.17, 15) is 35.5 Å². The quantitative estimate of drug-likeness (QED) is 0.219. The summed E-state index contributed by atoms with van der Waals surface area (Å²) < 4.78 is 101. The van der Waals surface area contributed by atoms with Gasteiger partial charge in [0.1, 0.15) is 5.82 Å². The van der Waals surface area contributed by atoms with Crippen LogP contribution >= 0.6 is 0 Å². The van der Waals surface area contributed by atoms with Gasteiger partial charge in [0.25, 0.3) is 0 Å². The third kappa shape index (κ3) is 6.24. The van der Waals surface area contributed by atoms with Crippen LogP contribution < -0.4 is 0 Å². The Morgan fingerprint density at radius 1 is 0.889 bits per heavy atom. The Morgan fingerprint density at radius 3 is 2.09 bits per heavy atom. The summed E-state index contributed by atoms with van der Waals surface area (Å²) in [5.74, 6) is -1.33. The van der Waals surface area contributed by atoms with E-state index in [-0.39, 0.29) is 24.1 Å². The van der Waals surface area contributed by atoms with Crippen LogP contribution in [0.25, 0.3) is 16.8 Å². The molecule has 5 nitrogen and oxygen atoms in total. The highest BCUT2D eigenvalue weighted by Crippen LogP contribution is 2.45. The maximum atomic E-state index is 13.9. The minimum atomic E-state index is -5.01. The van der Waals surface area contributed by atoms with Gasteiger partial charge in [0.2, 0.25) is 5.91 Å². The summed E-state index contributed by atoms with van der Waals surface area (Å²) in [5, 5.41) is 6.85. The number of halogens is 7. The molecule has 234 valence electrons. The zero-order valence-corrected chi connectivity index (χ0v) is 23.7. The SMILES string of the molecule is C[C@@H](OC1CN2C(=O)C=C(c3ccc(-c4ccn[nH]4)cc3)CC2[C@@H]1c1ccc(F)cc1)c1cc(C(F)(F)F)cc(C(F)(F)F)c1. The first kappa shape index (κ1) is 30.6. The third-order valence-corrected chi connectivity index (χ3v) is 8.38. The minimum absolute atomic E-state index is 0.0452. The van der Waals surface area contributed by atoms with Crippen molar-refractivity contribution < 1.29 is 40.3 Å². The topological polar surface area (TPSA) is 58.2 Å². The molecule has 1 saturated heterocycles. The molecule has 1 N–H and O–H groups in total. The van der Waals surface area contributed by atoms with Gasteiger partial charge < -0.3 is 9.64 Å². The predicted octanol–water partition coefficient (Wildman–Crippen LogP) is 8.18. The molecule has 0 bridgehead atoms. The number of hydrogen-bond acceptors (Lipinski definition) is 3. The lowest BCUT2D eigenvalue weighted by Crippen LogP contribution is -2.39. The summed E-state index contributed by atoms with van der Waals surface area (Å²) in [6, 6.07) is 15.9. The molecule has 0 saturated carbocycles. The molecule has 6 rings (SSSR count). The predicted molar refractivity (Wildman–Crippen MR) is 151 cm³/mol. The van der Waals surface area contributed by atoms with E-state index in [1.807, 2.05) is 30.3 Å². The highest BCUT2D eigenvalue weighted by Gasteiger charge is 2.48. The van der Waals surface area contributed by atoms with Crippen LogP contribution in [0.2, 0.25) is 0 Å². The number of benzene rings is 3. The molecule has 12 heteroatoms. The number of rotatable bonds is 6. The summed E-state index contributed by atoms with van der Waals surface area (Å²) in [6.07, 6.45) is -8.46. The summed E-state index contributed by atoms with van der Waals surface area (Å²) in [7, 11) is 0. The maximum absolute atomic E-state index is 13.9. The lowest BCUT2D eigenvalue weighted by molar-refractivity contribution is -0.143. The van der Waals surface area contributed by atoms with Gasteiger partial charge in [-0.05, 0) is 77.6 Å². The monoisotopic (exact) mass is 629 g/mol. The van der Waals surface area contributed by atoms with E-state index in [0.29, 0.717) is 24.1 Å². The molecule has 0 radical (unpaired) electrons. The van der Waals surface area contributed by atoms with Crippen LogP contribution in [0.3, 0.4) is 0 Å². The molecule has 0 aliphatic carbocycles. The number of hydrogen-bond donors (Lipinski definition) is 1. The van der Waals surface area contributed by atoms with Crippen molar-refractivity contribution >= 4 is 11.5 Å². The number of amides is 1. The van der Waals surface area contributed by atoms with Crippen molar-refractivity contribution in [3.63, 3.8) is 0 Å². The normalized spacial score (nSPS) is 21.1. The van der Waals surface area contributed by atoms with Crippen molar-refractivity contribution in [1.82, 2.24) is 15.1 Å². The second-order valence-corrected chi connectivity index (χ2v) is 11.2. The minimum Gasteiger partial charge on any atom is -0.368 e. The Kier molecular flexibility index (Phi) is 7.80. The van der Waals surface area contributed by atoms with Crippen molar-refractivity contribution in [3.05, 3.63) is 119 Å². The van der Waals surface area contributed by atoms with E-state index in [2.05, 4.69) is 10.2 Å². The number of nitrogens with zero attached hydrogens (tertiary/aromatic N) is 2. The highest BCUT2D eigenvalue weighted by molar-refractivity contribution is 5.98. The number of aromatic amines is 1. The van der Waals surface area contributed by atoms with Crippen LogP contribution in [0.1, 0.15) is 53.2 Å². The van der Waals surface area contributed by atoms with E-state index in [1.54, 1.807) is 23.2 Å². The fourth-order valence-electron chi connectivity index (χ4n) is 6.18. The molecule has 3 aromatic carbocycles. The number of nitrogens with one attached hydrogen (secondary N) is 1. The molecule has 1 aromatic heterocycles. The van der Waals surface area contributed by atoms with Gasteiger partial charge in [0.05, 0.1) is 29.0 Å². The Morgan fingerprint density at radius 2 is 1.51 bits per heavy atom. The first-order valence-corrected chi connectivity index (χ1v) is 14.1. The van der Waals surface area contributed by atoms with Crippen molar-refractivity contribution in [2.45, 2.75) is 49.9 Å². The van der Waals surface area contributed by atoms with Gasteiger partial charge in [0.15, 0.2) is 0 Å². The molecule has 45 heavy (non-hydrogen) atoms. The Bertz CT molecular complexity index is 1680. The van der Waals surface area contributed by atoms with Gasteiger partial charge in [-0.2, -0.15) is 31.4 Å². The van der Waals surface area contributed by atoms with E-state index in [1.165, 1.54) is 25.1 Å². The zero-order valence-electron chi connectivity index (χ0n) is 23.7. The second-order valence-electron chi connectivity index (χ2n) is 11.2. The standard InChI is InChI=1S/C33H26F7N3O2/c1-18(22-12-24(32(35,36)37)16-25(13-22)33(38,39)40)45-29-17-43-28(31(29)21-6-8-26(34)9-7-21)14-23(15-30(43)44)19-2-4-20(5-3-19)27-10-11-41-42-27/h2-13,15-16,18,28-29,31H,14,17H2,1H3,(H,41,42)/t18-,28?,29?,31+/m1/s1. The number of carbonyl (C=O) groups is 1. The third-order valence-electron chi connectivity index (χ3n) is 8.38. The van der Waals surface area contributed by atoms with E-state index < -0.39 is 53.5 Å². The Hall–Kier alpha value is -4.45. The van der Waals surface area contributed by atoms with Crippen LogP contribution in [0.5, 0.6) is 0 Å². The summed E-state index contributed by atoms with van der Waals surface area (Å²) >= 11 is 0. The van der Waals surface area contributed by atoms with Gasteiger partial charge in [0, 0.05) is 30.8 Å². The maximum Gasteiger partial charge on any atom is 0.416 e. The molecule has 1 fully saturated rings. The lowest BCUT2D eigenvalue weighted by atomic mass is 9.83. The Labute approximate surface area is 253 Å². The van der Waals surface area contributed by atoms with Gasteiger partial charge >= 0.3 is 12.4 Å². The van der Waals surface area contributed by atoms with Gasteiger partial charge in [-0.25, -0.2) is 4.39 Å². The molecule has 4 aromatic rings. The van der Waals surface area contributed by atoms with Crippen LogP contribution in [0, 0.1) is 5.82 Å². The number of ether oxygens (including phenoxy) is 1. The first-order chi connectivity index (χ1) is 21.3. The van der Waals surface area contributed by atoms with Crippen LogP contribution in [-0.2, 0) is 21.9 Å². The number of alkyl halides is 6. The molecule has 2 aliphatic rings. The van der Waals surface area contributed by atoms with Gasteiger partial charge in [-0.1, -0.05) is 36.4 Å². The number of carbonyl (C=O) groups excluding carboxylic acids is 1. The number of fused-ring (bicyclic) bond motifs is 1. The molecular formula is C33H26F7N3O2. The molecule has 3 heterocycles. The van der Waals surface area contributed by atoms with Crippen molar-refractivity contribution in [2.24, 2.45) is 0 Å². The highest BCUT2D eigenvalue weighted by atomic mass is 19.4. The van der Waals surface area contributed by atoms with E-state index >= 15 is 0 Å². The van der Waals surface area contributed by atoms with E-state index in [4.69, 9.17) is 4.74 Å². The molecule has 1 amide bonds. The Balaban J connectivity index is 1.31.